The third-order valence-electron chi connectivity index (χ3n) is 8.77. The summed E-state index contributed by atoms with van der Waals surface area (Å²) in [6.45, 7) is 6.66. The highest BCUT2D eigenvalue weighted by Crippen LogP contribution is 2.48. The molecule has 2 aromatic rings. The molecule has 39 heavy (non-hydrogen) atoms. The number of hydrogen-bond donors (Lipinski definition) is 0. The van der Waals surface area contributed by atoms with Gasteiger partial charge in [-0.15, -0.1) is 10.2 Å². The lowest BCUT2D eigenvalue weighted by Gasteiger charge is -2.55. The van der Waals surface area contributed by atoms with E-state index < -0.39 is 11.7 Å². The second-order valence-electron chi connectivity index (χ2n) is 11.6. The number of halogens is 3. The van der Waals surface area contributed by atoms with Crippen LogP contribution in [0.4, 0.5) is 18.9 Å². The number of nitrogens with zero attached hydrogens (tertiary/aromatic N) is 6. The fraction of sp³-hybridized carbons (Fsp3) is 0.448. The van der Waals surface area contributed by atoms with E-state index in [0.717, 1.165) is 54.5 Å². The molecule has 1 aromatic heterocycles. The molecule has 1 unspecified atom stereocenters. The van der Waals surface area contributed by atoms with Crippen molar-refractivity contribution < 1.29 is 13.2 Å². The number of allylic oxidation sites excluding steroid dienone is 1. The largest absolute Gasteiger partial charge is 0.418 e. The standard InChI is InChI=1S/C29H31F3N6S/c1-19-37(23-8-4-7-22(10-23)26(21-5-3-6-21)27-34-33-18-35(27)2)13-25-24(29(30,31)32)9-20(12-38(19)25)11-36-14-28(15-36)16-39-17-28/h4,7-10,12-13,18,21,26H,1,3,5-6,11,14-17H2,2H3. The monoisotopic (exact) mass is 552 g/mol. The molecule has 7 rings (SSSR count). The average Bonchev–Trinajstić information content (AvgIpc) is 3.39. The SMILES string of the molecule is C=C1N2C=C(CN3CC4(CSC4)C3)C=C(C(F)(F)F)C2=CN1c1cccc(C(c2nncn2C)C2CCC2)c1. The Hall–Kier alpha value is -2.98. The predicted molar refractivity (Wildman–Crippen MR) is 147 cm³/mol. The number of rotatable bonds is 6. The Bertz CT molecular complexity index is 1410. The minimum absolute atomic E-state index is 0.0864. The lowest BCUT2D eigenvalue weighted by atomic mass is 9.72. The van der Waals surface area contributed by atoms with Crippen molar-refractivity contribution in [2.45, 2.75) is 31.4 Å². The molecule has 3 fully saturated rings. The number of likely N-dealkylation sites (tertiary alicyclic amines) is 1. The van der Waals surface area contributed by atoms with Crippen LogP contribution in [0.25, 0.3) is 0 Å². The van der Waals surface area contributed by atoms with Gasteiger partial charge in [0.25, 0.3) is 0 Å². The highest BCUT2D eigenvalue weighted by Gasteiger charge is 2.49. The first-order valence-electron chi connectivity index (χ1n) is 13.4. The molecule has 204 valence electrons. The average molecular weight is 553 g/mol. The minimum Gasteiger partial charge on any atom is -0.320 e. The summed E-state index contributed by atoms with van der Waals surface area (Å²) in [6, 6.07) is 8.04. The van der Waals surface area contributed by atoms with E-state index in [-0.39, 0.29) is 11.6 Å². The second-order valence-corrected chi connectivity index (χ2v) is 12.6. The first kappa shape index (κ1) is 25.0. The Balaban J connectivity index is 1.19. The predicted octanol–water partition coefficient (Wildman–Crippen LogP) is 5.62. The number of aromatic nitrogens is 3. The number of hydrogen-bond acceptors (Lipinski definition) is 6. The first-order chi connectivity index (χ1) is 18.7. The quantitative estimate of drug-likeness (QED) is 0.464. The third kappa shape index (κ3) is 4.23. The van der Waals surface area contributed by atoms with Gasteiger partial charge < -0.3 is 14.4 Å². The summed E-state index contributed by atoms with van der Waals surface area (Å²) in [4.78, 5) is 5.63. The molecule has 5 heterocycles. The molecule has 1 aromatic carbocycles. The zero-order chi connectivity index (χ0) is 26.9. The number of alkyl halides is 3. The van der Waals surface area contributed by atoms with Crippen molar-refractivity contribution in [2.24, 2.45) is 18.4 Å². The summed E-state index contributed by atoms with van der Waals surface area (Å²) in [5, 5.41) is 8.51. The highest BCUT2D eigenvalue weighted by molar-refractivity contribution is 8.00. The van der Waals surface area contributed by atoms with Crippen molar-refractivity contribution in [3.8, 4) is 0 Å². The number of aryl methyl sites for hydroxylation is 1. The molecule has 2 saturated heterocycles. The first-order valence-corrected chi connectivity index (χ1v) is 14.6. The van der Waals surface area contributed by atoms with Crippen LogP contribution < -0.4 is 4.90 Å². The van der Waals surface area contributed by atoms with Crippen LogP contribution in [-0.4, -0.2) is 61.9 Å². The van der Waals surface area contributed by atoms with E-state index in [1.165, 1.54) is 12.5 Å². The summed E-state index contributed by atoms with van der Waals surface area (Å²) < 4.78 is 44.8. The lowest BCUT2D eigenvalue weighted by molar-refractivity contribution is -0.0910. The summed E-state index contributed by atoms with van der Waals surface area (Å²) in [5.74, 6) is 4.28. The van der Waals surface area contributed by atoms with Crippen LogP contribution in [0.5, 0.6) is 0 Å². The summed E-state index contributed by atoms with van der Waals surface area (Å²) in [6.07, 6.45) is 5.40. The Morgan fingerprint density at radius 3 is 2.56 bits per heavy atom. The molecule has 0 bridgehead atoms. The number of fused-ring (bicyclic) bond motifs is 1. The van der Waals surface area contributed by atoms with E-state index in [0.29, 0.717) is 29.3 Å². The fourth-order valence-electron chi connectivity index (χ4n) is 6.55. The number of benzene rings is 1. The van der Waals surface area contributed by atoms with Crippen LogP contribution in [0.2, 0.25) is 0 Å². The van der Waals surface area contributed by atoms with E-state index in [2.05, 4.69) is 33.8 Å². The Morgan fingerprint density at radius 1 is 1.15 bits per heavy atom. The summed E-state index contributed by atoms with van der Waals surface area (Å²) in [7, 11) is 1.95. The second kappa shape index (κ2) is 9.02. The lowest BCUT2D eigenvalue weighted by Crippen LogP contribution is -2.63. The Morgan fingerprint density at radius 2 is 1.95 bits per heavy atom. The van der Waals surface area contributed by atoms with E-state index in [1.54, 1.807) is 22.3 Å². The molecule has 4 aliphatic heterocycles. The maximum Gasteiger partial charge on any atom is 0.418 e. The van der Waals surface area contributed by atoms with E-state index in [9.17, 15) is 13.2 Å². The zero-order valence-electron chi connectivity index (χ0n) is 21.9. The smallest absolute Gasteiger partial charge is 0.320 e. The summed E-state index contributed by atoms with van der Waals surface area (Å²) >= 11 is 1.95. The number of thioether (sulfide) groups is 1. The van der Waals surface area contributed by atoms with Gasteiger partial charge in [-0.3, -0.25) is 4.90 Å². The molecular weight excluding hydrogens is 521 g/mol. The maximum absolute atomic E-state index is 14.3. The minimum atomic E-state index is -4.47. The normalized spacial score (nSPS) is 23.5. The van der Waals surface area contributed by atoms with Crippen molar-refractivity contribution in [1.29, 1.82) is 0 Å². The van der Waals surface area contributed by atoms with Crippen LogP contribution in [0.3, 0.4) is 0 Å². The molecule has 10 heteroatoms. The van der Waals surface area contributed by atoms with Gasteiger partial charge in [0.1, 0.15) is 18.0 Å². The van der Waals surface area contributed by atoms with Crippen LogP contribution in [0.1, 0.15) is 36.6 Å². The fourth-order valence-corrected chi connectivity index (χ4v) is 7.70. The van der Waals surface area contributed by atoms with Crippen LogP contribution in [0, 0.1) is 11.3 Å². The van der Waals surface area contributed by atoms with Gasteiger partial charge in [-0.25, -0.2) is 0 Å². The van der Waals surface area contributed by atoms with E-state index >= 15 is 0 Å². The van der Waals surface area contributed by atoms with E-state index in [1.807, 2.05) is 41.7 Å². The van der Waals surface area contributed by atoms with Gasteiger partial charge in [-0.1, -0.05) is 25.1 Å². The molecule has 0 amide bonds. The van der Waals surface area contributed by atoms with E-state index in [4.69, 9.17) is 0 Å². The van der Waals surface area contributed by atoms with Crippen LogP contribution in [-0.2, 0) is 7.05 Å². The molecular formula is C29H31F3N6S. The molecule has 1 aliphatic carbocycles. The topological polar surface area (TPSA) is 40.4 Å². The van der Waals surface area contributed by atoms with Crippen molar-refractivity contribution in [2.75, 3.05) is 36.0 Å². The van der Waals surface area contributed by atoms with Gasteiger partial charge in [0, 0.05) is 67.6 Å². The van der Waals surface area contributed by atoms with Gasteiger partial charge in [0.2, 0.25) is 0 Å². The van der Waals surface area contributed by atoms with Gasteiger partial charge in [0.15, 0.2) is 0 Å². The molecule has 0 N–H and O–H groups in total. The molecule has 0 radical (unpaired) electrons. The van der Waals surface area contributed by atoms with Crippen molar-refractivity contribution in [1.82, 2.24) is 24.6 Å². The summed E-state index contributed by atoms with van der Waals surface area (Å²) in [5.41, 5.74) is 2.41. The van der Waals surface area contributed by atoms with Gasteiger partial charge >= 0.3 is 6.18 Å². The molecule has 1 spiro atoms. The number of anilines is 1. The Kier molecular flexibility index (Phi) is 5.79. The van der Waals surface area contributed by atoms with Crippen molar-refractivity contribution in [3.05, 3.63) is 89.7 Å². The third-order valence-corrected chi connectivity index (χ3v) is 10.4. The highest BCUT2D eigenvalue weighted by atomic mass is 32.2. The van der Waals surface area contributed by atoms with Gasteiger partial charge in [-0.05, 0) is 48.1 Å². The Labute approximate surface area is 230 Å². The maximum atomic E-state index is 14.3. The van der Waals surface area contributed by atoms with Crippen molar-refractivity contribution >= 4 is 17.4 Å². The zero-order valence-corrected chi connectivity index (χ0v) is 22.7. The molecule has 1 saturated carbocycles. The molecule has 5 aliphatic rings. The molecule has 1 atom stereocenters. The van der Waals surface area contributed by atoms with Crippen LogP contribution in [0.15, 0.2) is 78.3 Å². The van der Waals surface area contributed by atoms with Crippen molar-refractivity contribution in [3.63, 3.8) is 0 Å². The molecule has 6 nitrogen and oxygen atoms in total. The van der Waals surface area contributed by atoms with Gasteiger partial charge in [-0.2, -0.15) is 24.9 Å². The van der Waals surface area contributed by atoms with Crippen LogP contribution >= 0.6 is 11.8 Å². The van der Waals surface area contributed by atoms with Gasteiger partial charge in [0.05, 0.1) is 11.3 Å².